The minimum Gasteiger partial charge on any atom is -0.340 e. The van der Waals surface area contributed by atoms with Gasteiger partial charge in [-0.3, -0.25) is 9.69 Å². The van der Waals surface area contributed by atoms with Crippen molar-refractivity contribution in [3.05, 3.63) is 69.3 Å². The van der Waals surface area contributed by atoms with Crippen molar-refractivity contribution >= 4 is 23.2 Å². The van der Waals surface area contributed by atoms with Crippen molar-refractivity contribution in [2.24, 2.45) is 0 Å². The van der Waals surface area contributed by atoms with Crippen molar-refractivity contribution in [3.8, 4) is 11.9 Å². The van der Waals surface area contributed by atoms with Crippen LogP contribution in [0.4, 0.5) is 13.2 Å². The number of rotatable bonds is 6. The van der Waals surface area contributed by atoms with E-state index in [0.717, 1.165) is 11.1 Å². The van der Waals surface area contributed by atoms with Crippen LogP contribution < -0.4 is 0 Å². The topological polar surface area (TPSA) is 108 Å². The van der Waals surface area contributed by atoms with Crippen molar-refractivity contribution in [2.45, 2.75) is 39.4 Å². The third kappa shape index (κ3) is 5.50. The minimum absolute atomic E-state index is 0.0227. The second-order valence-electron chi connectivity index (χ2n) is 9.62. The van der Waals surface area contributed by atoms with Crippen LogP contribution in [0.2, 0.25) is 5.02 Å². The van der Waals surface area contributed by atoms with Crippen LogP contribution >= 0.6 is 11.6 Å². The lowest BCUT2D eigenvalue weighted by Gasteiger charge is -2.35. The summed E-state index contributed by atoms with van der Waals surface area (Å²) in [6.07, 6.45) is -3.98. The number of carbonyl (C=O) groups is 1. The zero-order chi connectivity index (χ0) is 28.6. The molecule has 0 aliphatic carbocycles. The molecular weight excluding hydrogens is 547 g/mol. The van der Waals surface area contributed by atoms with Crippen molar-refractivity contribution in [1.82, 2.24) is 39.4 Å². The quantitative estimate of drug-likeness (QED) is 0.347. The minimum atomic E-state index is -4.70. The fourth-order valence-electron chi connectivity index (χ4n) is 4.88. The molecule has 10 nitrogen and oxygen atoms in total. The maximum Gasteiger partial charge on any atom is 0.453 e. The first kappa shape index (κ1) is 27.5. The zero-order valence-corrected chi connectivity index (χ0v) is 22.5. The fraction of sp³-hybridized carbons (Fsp3) is 0.385. The Morgan fingerprint density at radius 2 is 1.82 bits per heavy atom. The maximum absolute atomic E-state index is 13.3. The van der Waals surface area contributed by atoms with E-state index < -0.39 is 12.0 Å². The van der Waals surface area contributed by atoms with Crippen LogP contribution in [0.1, 0.15) is 40.3 Å². The van der Waals surface area contributed by atoms with Gasteiger partial charge in [0.25, 0.3) is 5.82 Å². The molecule has 0 saturated carbocycles. The average molecular weight is 572 g/mol. The number of hydrogen-bond acceptors (Lipinski definition) is 7. The highest BCUT2D eigenvalue weighted by atomic mass is 35.5. The van der Waals surface area contributed by atoms with Crippen LogP contribution in [0, 0.1) is 25.2 Å². The lowest BCUT2D eigenvalue weighted by Crippen LogP contribution is -2.48. The number of nitriles is 1. The second kappa shape index (κ2) is 10.9. The third-order valence-electron chi connectivity index (χ3n) is 7.04. The Balaban J connectivity index is 1.22. The molecule has 1 aliphatic heterocycles. The van der Waals surface area contributed by atoms with Crippen LogP contribution in [0.3, 0.4) is 0 Å². The average Bonchev–Trinajstić information content (AvgIpc) is 3.49. The summed E-state index contributed by atoms with van der Waals surface area (Å²) in [6, 6.07) is 10.3. The monoisotopic (exact) mass is 571 g/mol. The number of piperazine rings is 1. The predicted molar refractivity (Wildman–Crippen MR) is 139 cm³/mol. The van der Waals surface area contributed by atoms with E-state index in [1.54, 1.807) is 32.0 Å². The standard InChI is InChI=1S/C26H25ClF3N9O/c1-16-20(17(2)38(34-16)23-7-6-22-32-33-25(26(28,29)30)39(22)35-23)4-8-24(40)37-11-9-36(10-12-37)15-19-13-18(14-31)3-5-21(19)27/h3,5-7,13H,4,8-12,15H2,1-2H3. The van der Waals surface area contributed by atoms with Crippen molar-refractivity contribution < 1.29 is 18.0 Å². The fourth-order valence-corrected chi connectivity index (χ4v) is 5.06. The maximum atomic E-state index is 13.3. The molecule has 0 spiro atoms. The highest BCUT2D eigenvalue weighted by Crippen LogP contribution is 2.28. The van der Waals surface area contributed by atoms with Gasteiger partial charge in [0.2, 0.25) is 5.91 Å². The number of halogens is 4. The van der Waals surface area contributed by atoms with Crippen LogP contribution in [-0.4, -0.2) is 71.5 Å². The number of nitrogens with zero attached hydrogens (tertiary/aromatic N) is 9. The number of hydrogen-bond donors (Lipinski definition) is 0. The molecule has 1 aromatic carbocycles. The van der Waals surface area contributed by atoms with Gasteiger partial charge in [-0.15, -0.1) is 15.3 Å². The molecule has 1 saturated heterocycles. The Morgan fingerprint density at radius 1 is 1.07 bits per heavy atom. The molecule has 14 heteroatoms. The van der Waals surface area contributed by atoms with E-state index in [1.165, 1.54) is 16.8 Å². The SMILES string of the molecule is Cc1nn(-c2ccc3nnc(C(F)(F)F)n3n2)c(C)c1CCC(=O)N1CCN(Cc2cc(C#N)ccc2Cl)CC1. The number of benzene rings is 1. The van der Waals surface area contributed by atoms with Crippen molar-refractivity contribution in [2.75, 3.05) is 26.2 Å². The number of carbonyl (C=O) groups excluding carboxylic acids is 1. The van der Waals surface area contributed by atoms with E-state index in [9.17, 15) is 18.0 Å². The molecule has 4 aromatic rings. The van der Waals surface area contributed by atoms with Gasteiger partial charge < -0.3 is 4.90 Å². The Kier molecular flexibility index (Phi) is 7.48. The summed E-state index contributed by atoms with van der Waals surface area (Å²) in [5.74, 6) is -1.00. The summed E-state index contributed by atoms with van der Waals surface area (Å²) in [5, 5.41) is 25.1. The van der Waals surface area contributed by atoms with Gasteiger partial charge in [-0.1, -0.05) is 11.6 Å². The van der Waals surface area contributed by atoms with E-state index in [1.807, 2.05) is 4.90 Å². The van der Waals surface area contributed by atoms with Crippen LogP contribution in [0.15, 0.2) is 30.3 Å². The van der Waals surface area contributed by atoms with Gasteiger partial charge in [-0.25, -0.2) is 4.68 Å². The second-order valence-corrected chi connectivity index (χ2v) is 10.0. The highest BCUT2D eigenvalue weighted by Gasteiger charge is 2.37. The van der Waals surface area contributed by atoms with E-state index in [-0.39, 0.29) is 23.8 Å². The molecule has 0 unspecified atom stereocenters. The first-order chi connectivity index (χ1) is 19.0. The first-order valence-electron chi connectivity index (χ1n) is 12.6. The number of amides is 1. The molecule has 0 N–H and O–H groups in total. The molecule has 1 fully saturated rings. The normalized spacial score (nSPS) is 14.6. The van der Waals surface area contributed by atoms with E-state index in [2.05, 4.69) is 31.4 Å². The molecule has 4 heterocycles. The number of alkyl halides is 3. The van der Waals surface area contributed by atoms with Gasteiger partial charge in [0, 0.05) is 49.9 Å². The summed E-state index contributed by atoms with van der Waals surface area (Å²) in [6.45, 7) is 6.73. The summed E-state index contributed by atoms with van der Waals surface area (Å²) < 4.78 is 42.0. The van der Waals surface area contributed by atoms with E-state index in [0.29, 0.717) is 65.6 Å². The third-order valence-corrected chi connectivity index (χ3v) is 7.41. The Bertz CT molecular complexity index is 1610. The van der Waals surface area contributed by atoms with Gasteiger partial charge in [0.05, 0.1) is 17.3 Å². The summed E-state index contributed by atoms with van der Waals surface area (Å²) in [7, 11) is 0. The van der Waals surface area contributed by atoms with Crippen LogP contribution in [0.25, 0.3) is 11.5 Å². The Morgan fingerprint density at radius 3 is 2.52 bits per heavy atom. The molecule has 0 radical (unpaired) electrons. The first-order valence-corrected chi connectivity index (χ1v) is 13.0. The van der Waals surface area contributed by atoms with Crippen molar-refractivity contribution in [3.63, 3.8) is 0 Å². The number of fused-ring (bicyclic) bond motifs is 1. The van der Waals surface area contributed by atoms with Crippen LogP contribution in [0.5, 0.6) is 0 Å². The lowest BCUT2D eigenvalue weighted by atomic mass is 10.1. The molecule has 5 rings (SSSR count). The summed E-state index contributed by atoms with van der Waals surface area (Å²) >= 11 is 6.30. The van der Waals surface area contributed by atoms with Gasteiger partial charge in [0.15, 0.2) is 11.5 Å². The molecule has 0 atom stereocenters. The zero-order valence-electron chi connectivity index (χ0n) is 21.8. The highest BCUT2D eigenvalue weighted by molar-refractivity contribution is 6.31. The molecule has 40 heavy (non-hydrogen) atoms. The van der Waals surface area contributed by atoms with Crippen LogP contribution in [-0.2, 0) is 23.9 Å². The van der Waals surface area contributed by atoms with E-state index in [4.69, 9.17) is 16.9 Å². The molecular formula is C26H25ClF3N9O. The number of aromatic nitrogens is 6. The molecule has 1 amide bonds. The van der Waals surface area contributed by atoms with Crippen molar-refractivity contribution in [1.29, 1.82) is 5.26 Å². The van der Waals surface area contributed by atoms with Gasteiger partial charge in [0.1, 0.15) is 0 Å². The molecule has 208 valence electrons. The predicted octanol–water partition coefficient (Wildman–Crippen LogP) is 3.75. The molecule has 1 aliphatic rings. The summed E-state index contributed by atoms with van der Waals surface area (Å²) in [4.78, 5) is 17.0. The van der Waals surface area contributed by atoms with E-state index >= 15 is 0 Å². The number of aryl methyl sites for hydroxylation is 1. The molecule has 3 aromatic heterocycles. The summed E-state index contributed by atoms with van der Waals surface area (Å²) in [5.41, 5.74) is 3.63. The Hall–Kier alpha value is -4.02. The van der Waals surface area contributed by atoms with Gasteiger partial charge in [-0.2, -0.15) is 28.0 Å². The lowest BCUT2D eigenvalue weighted by molar-refractivity contribution is -0.146. The smallest absolute Gasteiger partial charge is 0.340 e. The molecule has 0 bridgehead atoms. The van der Waals surface area contributed by atoms with Gasteiger partial charge in [-0.05, 0) is 61.7 Å². The largest absolute Gasteiger partial charge is 0.453 e. The Labute approximate surface area is 232 Å². The van der Waals surface area contributed by atoms with Gasteiger partial charge >= 0.3 is 6.18 Å².